The summed E-state index contributed by atoms with van der Waals surface area (Å²) in [5.74, 6) is -1.62. The summed E-state index contributed by atoms with van der Waals surface area (Å²) in [7, 11) is 0. The van der Waals surface area contributed by atoms with E-state index in [2.05, 4.69) is 10.3 Å². The summed E-state index contributed by atoms with van der Waals surface area (Å²) in [6.07, 6.45) is 0.402. The van der Waals surface area contributed by atoms with Crippen molar-refractivity contribution < 1.29 is 19.1 Å². The van der Waals surface area contributed by atoms with Gasteiger partial charge in [0.05, 0.1) is 16.8 Å². The lowest BCUT2D eigenvalue weighted by molar-refractivity contribution is -0.147. The van der Waals surface area contributed by atoms with Crippen LogP contribution in [0.3, 0.4) is 0 Å². The first-order chi connectivity index (χ1) is 11.3. The maximum Gasteiger partial charge on any atom is 0.311 e. The molecule has 1 aliphatic heterocycles. The average molecular weight is 332 g/mol. The monoisotopic (exact) mass is 332 g/mol. The molecule has 3 rings (SSSR count). The lowest BCUT2D eigenvalue weighted by Gasteiger charge is -2.19. The van der Waals surface area contributed by atoms with E-state index >= 15 is 0 Å². The number of benzene rings is 1. The van der Waals surface area contributed by atoms with Crippen LogP contribution in [-0.4, -0.2) is 50.0 Å². The Labute approximate surface area is 137 Å². The van der Waals surface area contributed by atoms with Gasteiger partial charge in [0.2, 0.25) is 0 Å². The minimum atomic E-state index is -0.934. The summed E-state index contributed by atoms with van der Waals surface area (Å²) in [6.45, 7) is 3.84. The fourth-order valence-corrected chi connectivity index (χ4v) is 2.81. The Bertz CT molecular complexity index is 802. The molecule has 1 amide bonds. The summed E-state index contributed by atoms with van der Waals surface area (Å²) >= 11 is 0. The number of carboxylic acid groups (broad SMARTS) is 1. The van der Waals surface area contributed by atoms with E-state index in [0.29, 0.717) is 24.3 Å². The Hall–Kier alpha value is -2.77. The van der Waals surface area contributed by atoms with E-state index < -0.39 is 11.4 Å². The number of aliphatic carboxylic acids is 1. The van der Waals surface area contributed by atoms with Crippen LogP contribution in [0.1, 0.15) is 29.5 Å². The molecule has 8 heteroatoms. The predicted molar refractivity (Wildman–Crippen MR) is 82.3 cm³/mol. The van der Waals surface area contributed by atoms with Crippen LogP contribution >= 0.6 is 0 Å². The van der Waals surface area contributed by atoms with Crippen molar-refractivity contribution in [1.82, 2.24) is 19.9 Å². The maximum absolute atomic E-state index is 13.0. The van der Waals surface area contributed by atoms with Crippen LogP contribution in [0.25, 0.3) is 5.69 Å². The fourth-order valence-electron chi connectivity index (χ4n) is 2.81. The third-order valence-electron chi connectivity index (χ3n) is 4.45. The largest absolute Gasteiger partial charge is 0.481 e. The predicted octanol–water partition coefficient (Wildman–Crippen LogP) is 1.65. The number of carbonyl (C=O) groups is 2. The highest BCUT2D eigenvalue weighted by Crippen LogP contribution is 2.31. The van der Waals surface area contributed by atoms with E-state index in [1.54, 1.807) is 26.0 Å². The van der Waals surface area contributed by atoms with Crippen LogP contribution < -0.4 is 0 Å². The van der Waals surface area contributed by atoms with Crippen molar-refractivity contribution in [1.29, 1.82) is 0 Å². The van der Waals surface area contributed by atoms with Gasteiger partial charge in [0.15, 0.2) is 5.69 Å². The zero-order valence-corrected chi connectivity index (χ0v) is 13.4. The lowest BCUT2D eigenvalue weighted by Crippen LogP contribution is -2.35. The number of amides is 1. The van der Waals surface area contributed by atoms with Crippen molar-refractivity contribution >= 4 is 11.9 Å². The molecule has 7 nitrogen and oxygen atoms in total. The molecule has 1 fully saturated rings. The van der Waals surface area contributed by atoms with Crippen LogP contribution in [0, 0.1) is 18.2 Å². The molecule has 1 N–H and O–H groups in total. The molecule has 1 aromatic heterocycles. The van der Waals surface area contributed by atoms with Crippen molar-refractivity contribution in [2.45, 2.75) is 20.3 Å². The van der Waals surface area contributed by atoms with Crippen molar-refractivity contribution in [3.8, 4) is 5.69 Å². The molecule has 0 unspecified atom stereocenters. The van der Waals surface area contributed by atoms with Gasteiger partial charge in [-0.1, -0.05) is 5.21 Å². The Morgan fingerprint density at radius 2 is 1.96 bits per heavy atom. The van der Waals surface area contributed by atoms with Gasteiger partial charge in [-0.2, -0.15) is 0 Å². The number of halogens is 1. The van der Waals surface area contributed by atoms with Gasteiger partial charge in [0, 0.05) is 13.1 Å². The van der Waals surface area contributed by atoms with Gasteiger partial charge in [-0.3, -0.25) is 9.59 Å². The molecule has 0 saturated carbocycles. The minimum Gasteiger partial charge on any atom is -0.481 e. The smallest absolute Gasteiger partial charge is 0.311 e. The second-order valence-electron chi connectivity index (χ2n) is 6.25. The van der Waals surface area contributed by atoms with Crippen molar-refractivity contribution in [2.24, 2.45) is 5.41 Å². The standard InChI is InChI=1S/C16H17FN4O3/c1-10-13(14(22)20-8-7-16(2,9-20)15(23)24)18-19-21(10)12-5-3-11(17)4-6-12/h3-6H,7-9H2,1-2H3,(H,23,24)/t16-/m0/s1. The van der Waals surface area contributed by atoms with Gasteiger partial charge in [0.1, 0.15) is 5.82 Å². The molecule has 1 aliphatic rings. The van der Waals surface area contributed by atoms with Crippen LogP contribution in [0.4, 0.5) is 4.39 Å². The van der Waals surface area contributed by atoms with Crippen LogP contribution in [0.2, 0.25) is 0 Å². The van der Waals surface area contributed by atoms with Gasteiger partial charge in [-0.05, 0) is 44.5 Å². The molecule has 1 atom stereocenters. The molecule has 24 heavy (non-hydrogen) atoms. The second-order valence-corrected chi connectivity index (χ2v) is 6.25. The Morgan fingerprint density at radius 1 is 1.29 bits per heavy atom. The number of hydrogen-bond acceptors (Lipinski definition) is 4. The van der Waals surface area contributed by atoms with E-state index in [1.165, 1.54) is 21.7 Å². The number of likely N-dealkylation sites (tertiary alicyclic amines) is 1. The summed E-state index contributed by atoms with van der Waals surface area (Å²) < 4.78 is 14.5. The van der Waals surface area contributed by atoms with Crippen LogP contribution in [0.5, 0.6) is 0 Å². The molecule has 0 radical (unpaired) electrons. The highest BCUT2D eigenvalue weighted by atomic mass is 19.1. The van der Waals surface area contributed by atoms with Gasteiger partial charge >= 0.3 is 5.97 Å². The number of nitrogens with zero attached hydrogens (tertiary/aromatic N) is 4. The first kappa shape index (κ1) is 16.1. The van der Waals surface area contributed by atoms with Gasteiger partial charge < -0.3 is 10.0 Å². The number of aromatic nitrogens is 3. The summed E-state index contributed by atoms with van der Waals surface area (Å²) in [5, 5.41) is 17.2. The van der Waals surface area contributed by atoms with Gasteiger partial charge in [0.25, 0.3) is 5.91 Å². The average Bonchev–Trinajstić information content (AvgIpc) is 3.12. The molecular formula is C16H17FN4O3. The number of hydrogen-bond donors (Lipinski definition) is 1. The molecule has 2 heterocycles. The molecule has 126 valence electrons. The Balaban J connectivity index is 1.85. The lowest BCUT2D eigenvalue weighted by atomic mass is 9.90. The first-order valence-corrected chi connectivity index (χ1v) is 7.53. The van der Waals surface area contributed by atoms with E-state index in [0.717, 1.165) is 0 Å². The van der Waals surface area contributed by atoms with Crippen molar-refractivity contribution in [3.05, 3.63) is 41.5 Å². The highest BCUT2D eigenvalue weighted by molar-refractivity contribution is 5.94. The van der Waals surface area contributed by atoms with Crippen LogP contribution in [-0.2, 0) is 4.79 Å². The molecule has 0 bridgehead atoms. The Morgan fingerprint density at radius 3 is 2.54 bits per heavy atom. The zero-order chi connectivity index (χ0) is 17.5. The van der Waals surface area contributed by atoms with Crippen molar-refractivity contribution in [2.75, 3.05) is 13.1 Å². The molecule has 0 aliphatic carbocycles. The van der Waals surface area contributed by atoms with E-state index in [1.807, 2.05) is 0 Å². The third-order valence-corrected chi connectivity index (χ3v) is 4.45. The summed E-state index contributed by atoms with van der Waals surface area (Å²) in [6, 6.07) is 5.69. The van der Waals surface area contributed by atoms with Gasteiger partial charge in [-0.15, -0.1) is 5.10 Å². The number of rotatable bonds is 3. The topological polar surface area (TPSA) is 88.3 Å². The SMILES string of the molecule is Cc1c(C(=O)N2CC[C@](C)(C(=O)O)C2)nnn1-c1ccc(F)cc1. The zero-order valence-electron chi connectivity index (χ0n) is 13.4. The summed E-state index contributed by atoms with van der Waals surface area (Å²) in [5.41, 5.74) is 0.359. The van der Waals surface area contributed by atoms with E-state index in [4.69, 9.17) is 0 Å². The fraction of sp³-hybridized carbons (Fsp3) is 0.375. The van der Waals surface area contributed by atoms with Crippen LogP contribution in [0.15, 0.2) is 24.3 Å². The minimum absolute atomic E-state index is 0.143. The molecule has 0 spiro atoms. The third kappa shape index (κ3) is 2.64. The molecular weight excluding hydrogens is 315 g/mol. The quantitative estimate of drug-likeness (QED) is 0.923. The highest BCUT2D eigenvalue weighted by Gasteiger charge is 2.43. The first-order valence-electron chi connectivity index (χ1n) is 7.53. The normalized spacial score (nSPS) is 20.4. The Kier molecular flexibility index (Phi) is 3.82. The van der Waals surface area contributed by atoms with Gasteiger partial charge in [-0.25, -0.2) is 9.07 Å². The molecule has 2 aromatic rings. The second kappa shape index (κ2) is 5.70. The summed E-state index contributed by atoms with van der Waals surface area (Å²) in [4.78, 5) is 25.4. The molecule has 1 aromatic carbocycles. The maximum atomic E-state index is 13.0. The number of carbonyl (C=O) groups excluding carboxylic acids is 1. The van der Waals surface area contributed by atoms with Crippen molar-refractivity contribution in [3.63, 3.8) is 0 Å². The number of carboxylic acids is 1. The molecule has 1 saturated heterocycles. The van der Waals surface area contributed by atoms with E-state index in [9.17, 15) is 19.1 Å². The van der Waals surface area contributed by atoms with E-state index in [-0.39, 0.29) is 24.0 Å².